The number of ether oxygens (including phenoxy) is 1. The van der Waals surface area contributed by atoms with Crippen molar-refractivity contribution in [3.05, 3.63) is 35.9 Å². The highest BCUT2D eigenvalue weighted by Gasteiger charge is 2.28. The summed E-state index contributed by atoms with van der Waals surface area (Å²) in [6.07, 6.45) is 2.44. The second-order valence-electron chi connectivity index (χ2n) is 6.85. The Kier molecular flexibility index (Phi) is 6.25. The maximum atomic E-state index is 5.65. The van der Waals surface area contributed by atoms with Crippen LogP contribution < -0.4 is 0 Å². The lowest BCUT2D eigenvalue weighted by Crippen LogP contribution is -2.38. The number of hydrogen-bond donors (Lipinski definition) is 0. The van der Waals surface area contributed by atoms with Crippen LogP contribution in [0.15, 0.2) is 30.3 Å². The predicted octanol–water partition coefficient (Wildman–Crippen LogP) is 4.32. The smallest absolute Gasteiger partial charge is 0.0500 e. The minimum Gasteiger partial charge on any atom is -0.381 e. The van der Waals surface area contributed by atoms with Crippen LogP contribution in [0.5, 0.6) is 0 Å². The van der Waals surface area contributed by atoms with Crippen molar-refractivity contribution in [3.8, 4) is 0 Å². The Morgan fingerprint density at radius 1 is 1.10 bits per heavy atom. The van der Waals surface area contributed by atoms with Gasteiger partial charge in [-0.25, -0.2) is 0 Å². The molecule has 1 heterocycles. The summed E-state index contributed by atoms with van der Waals surface area (Å²) in [5.74, 6) is 1.32. The van der Waals surface area contributed by atoms with E-state index < -0.39 is 0 Å². The molecule has 118 valence electrons. The minimum absolute atomic E-state index is 0.612. The van der Waals surface area contributed by atoms with Gasteiger partial charge in [0.1, 0.15) is 0 Å². The average molecular weight is 289 g/mol. The molecule has 1 aromatic rings. The van der Waals surface area contributed by atoms with Gasteiger partial charge in [0, 0.05) is 18.7 Å². The SMILES string of the molecule is CC(C)N(CCC(c1ccccc1)C1CCOC1)C(C)C. The largest absolute Gasteiger partial charge is 0.381 e. The lowest BCUT2D eigenvalue weighted by Gasteiger charge is -2.33. The lowest BCUT2D eigenvalue weighted by atomic mass is 9.83. The molecule has 1 aromatic carbocycles. The molecule has 0 aromatic heterocycles. The number of hydrogen-bond acceptors (Lipinski definition) is 2. The molecule has 1 aliphatic rings. The van der Waals surface area contributed by atoms with E-state index in [1.165, 1.54) is 24.9 Å². The van der Waals surface area contributed by atoms with E-state index in [9.17, 15) is 0 Å². The van der Waals surface area contributed by atoms with Gasteiger partial charge >= 0.3 is 0 Å². The molecular formula is C19H31NO. The molecule has 1 aliphatic heterocycles. The van der Waals surface area contributed by atoms with Gasteiger partial charge < -0.3 is 4.74 Å². The number of nitrogens with zero attached hydrogens (tertiary/aromatic N) is 1. The third-order valence-corrected chi connectivity index (χ3v) is 4.79. The summed E-state index contributed by atoms with van der Waals surface area (Å²) in [6.45, 7) is 12.2. The summed E-state index contributed by atoms with van der Waals surface area (Å²) < 4.78 is 5.65. The fourth-order valence-electron chi connectivity index (χ4n) is 3.65. The molecule has 0 bridgehead atoms. The van der Waals surface area contributed by atoms with Crippen molar-refractivity contribution in [3.63, 3.8) is 0 Å². The van der Waals surface area contributed by atoms with Gasteiger partial charge in [-0.1, -0.05) is 30.3 Å². The van der Waals surface area contributed by atoms with Gasteiger partial charge in [-0.2, -0.15) is 0 Å². The Hall–Kier alpha value is -0.860. The molecule has 0 spiro atoms. The molecule has 2 unspecified atom stereocenters. The van der Waals surface area contributed by atoms with Crippen molar-refractivity contribution in [2.75, 3.05) is 19.8 Å². The Bertz CT molecular complexity index is 387. The summed E-state index contributed by atoms with van der Waals surface area (Å²) in [6, 6.07) is 12.3. The van der Waals surface area contributed by atoms with Crippen LogP contribution in [0, 0.1) is 5.92 Å². The lowest BCUT2D eigenvalue weighted by molar-refractivity contribution is 0.154. The summed E-state index contributed by atoms with van der Waals surface area (Å²) in [5.41, 5.74) is 1.49. The van der Waals surface area contributed by atoms with E-state index in [0.717, 1.165) is 13.2 Å². The zero-order valence-electron chi connectivity index (χ0n) is 14.1. The van der Waals surface area contributed by atoms with Crippen molar-refractivity contribution >= 4 is 0 Å². The fourth-order valence-corrected chi connectivity index (χ4v) is 3.65. The molecule has 21 heavy (non-hydrogen) atoms. The van der Waals surface area contributed by atoms with Crippen LogP contribution in [-0.4, -0.2) is 36.7 Å². The molecule has 2 heteroatoms. The van der Waals surface area contributed by atoms with E-state index in [0.29, 0.717) is 23.9 Å². The maximum absolute atomic E-state index is 5.65. The highest BCUT2D eigenvalue weighted by atomic mass is 16.5. The van der Waals surface area contributed by atoms with Crippen molar-refractivity contribution < 1.29 is 4.74 Å². The van der Waals surface area contributed by atoms with E-state index in [1.807, 2.05) is 0 Å². The van der Waals surface area contributed by atoms with Crippen LogP contribution in [0.25, 0.3) is 0 Å². The van der Waals surface area contributed by atoms with Crippen LogP contribution in [0.1, 0.15) is 52.0 Å². The first-order valence-electron chi connectivity index (χ1n) is 8.48. The molecular weight excluding hydrogens is 258 g/mol. The molecule has 0 N–H and O–H groups in total. The average Bonchev–Trinajstić information content (AvgIpc) is 2.97. The van der Waals surface area contributed by atoms with Crippen LogP contribution >= 0.6 is 0 Å². The molecule has 1 fully saturated rings. The highest BCUT2D eigenvalue weighted by Crippen LogP contribution is 2.34. The first-order chi connectivity index (χ1) is 10.1. The van der Waals surface area contributed by atoms with Gasteiger partial charge in [0.15, 0.2) is 0 Å². The molecule has 0 amide bonds. The van der Waals surface area contributed by atoms with E-state index in [4.69, 9.17) is 4.74 Å². The molecule has 0 aliphatic carbocycles. The first kappa shape index (κ1) is 16.5. The summed E-state index contributed by atoms with van der Waals surface area (Å²) in [5, 5.41) is 0. The Balaban J connectivity index is 2.06. The Morgan fingerprint density at radius 2 is 1.76 bits per heavy atom. The zero-order valence-corrected chi connectivity index (χ0v) is 14.1. The summed E-state index contributed by atoms with van der Waals surface area (Å²) >= 11 is 0. The highest BCUT2D eigenvalue weighted by molar-refractivity contribution is 5.20. The Labute approximate surface area is 130 Å². The Morgan fingerprint density at radius 3 is 2.29 bits per heavy atom. The van der Waals surface area contributed by atoms with Crippen LogP contribution in [0.4, 0.5) is 0 Å². The quantitative estimate of drug-likeness (QED) is 0.741. The molecule has 2 nitrogen and oxygen atoms in total. The standard InChI is InChI=1S/C19H31NO/c1-15(2)20(16(3)4)12-10-19(18-11-13-21-14-18)17-8-6-5-7-9-17/h5-9,15-16,18-19H,10-14H2,1-4H3. The second kappa shape index (κ2) is 7.95. The number of benzene rings is 1. The second-order valence-corrected chi connectivity index (χ2v) is 6.85. The van der Waals surface area contributed by atoms with Crippen molar-refractivity contribution in [1.82, 2.24) is 4.90 Å². The van der Waals surface area contributed by atoms with Gasteiger partial charge in [0.05, 0.1) is 6.61 Å². The summed E-state index contributed by atoms with van der Waals surface area (Å²) in [7, 11) is 0. The van der Waals surface area contributed by atoms with Gasteiger partial charge in [0.2, 0.25) is 0 Å². The van der Waals surface area contributed by atoms with E-state index in [-0.39, 0.29) is 0 Å². The van der Waals surface area contributed by atoms with Crippen molar-refractivity contribution in [1.29, 1.82) is 0 Å². The first-order valence-corrected chi connectivity index (χ1v) is 8.48. The van der Waals surface area contributed by atoms with Gasteiger partial charge in [-0.3, -0.25) is 4.90 Å². The molecule has 2 rings (SSSR count). The third-order valence-electron chi connectivity index (χ3n) is 4.79. The topological polar surface area (TPSA) is 12.5 Å². The van der Waals surface area contributed by atoms with Gasteiger partial charge in [-0.15, -0.1) is 0 Å². The zero-order chi connectivity index (χ0) is 15.2. The number of rotatable bonds is 7. The van der Waals surface area contributed by atoms with E-state index in [1.54, 1.807) is 0 Å². The fraction of sp³-hybridized carbons (Fsp3) is 0.684. The molecule has 2 atom stereocenters. The van der Waals surface area contributed by atoms with E-state index in [2.05, 4.69) is 62.9 Å². The van der Waals surface area contributed by atoms with Crippen LogP contribution in [0.2, 0.25) is 0 Å². The third kappa shape index (κ3) is 4.55. The maximum Gasteiger partial charge on any atom is 0.0500 e. The monoisotopic (exact) mass is 289 g/mol. The van der Waals surface area contributed by atoms with Crippen LogP contribution in [-0.2, 0) is 4.74 Å². The van der Waals surface area contributed by atoms with Gasteiger partial charge in [0.25, 0.3) is 0 Å². The minimum atomic E-state index is 0.612. The molecule has 0 radical (unpaired) electrons. The normalized spacial score (nSPS) is 20.6. The molecule has 1 saturated heterocycles. The van der Waals surface area contributed by atoms with Crippen LogP contribution in [0.3, 0.4) is 0 Å². The summed E-state index contributed by atoms with van der Waals surface area (Å²) in [4.78, 5) is 2.60. The van der Waals surface area contributed by atoms with Gasteiger partial charge in [-0.05, 0) is 64.5 Å². The van der Waals surface area contributed by atoms with E-state index >= 15 is 0 Å². The predicted molar refractivity (Wildman–Crippen MR) is 89.7 cm³/mol. The molecule has 0 saturated carbocycles. The van der Waals surface area contributed by atoms with Crippen molar-refractivity contribution in [2.24, 2.45) is 5.92 Å². The van der Waals surface area contributed by atoms with Crippen molar-refractivity contribution in [2.45, 2.75) is 58.5 Å².